The zero-order valence-electron chi connectivity index (χ0n) is 19.7. The Labute approximate surface area is 207 Å². The number of amides is 2. The average Bonchev–Trinajstić information content (AvgIpc) is 3.27. The molecule has 11 heteroatoms. The third-order valence-electron chi connectivity index (χ3n) is 4.91. The Hall–Kier alpha value is -3.86. The van der Waals surface area contributed by atoms with Crippen molar-refractivity contribution in [2.24, 2.45) is 7.05 Å². The highest BCUT2D eigenvalue weighted by atomic mass is 32.2. The van der Waals surface area contributed by atoms with E-state index >= 15 is 0 Å². The summed E-state index contributed by atoms with van der Waals surface area (Å²) >= 11 is 1.25. The number of hydrogen-bond donors (Lipinski definition) is 2. The van der Waals surface area contributed by atoms with E-state index in [1.54, 1.807) is 73.4 Å². The van der Waals surface area contributed by atoms with Crippen LogP contribution in [0.1, 0.15) is 35.3 Å². The second-order valence-electron chi connectivity index (χ2n) is 7.42. The Morgan fingerprint density at radius 1 is 1.14 bits per heavy atom. The number of para-hydroxylation sites is 1. The van der Waals surface area contributed by atoms with Crippen molar-refractivity contribution in [3.05, 3.63) is 66.0 Å². The van der Waals surface area contributed by atoms with Gasteiger partial charge in [0.25, 0.3) is 5.91 Å². The molecule has 10 nitrogen and oxygen atoms in total. The molecule has 0 aliphatic heterocycles. The van der Waals surface area contributed by atoms with Crippen LogP contribution < -0.4 is 15.4 Å². The molecule has 0 fully saturated rings. The van der Waals surface area contributed by atoms with Gasteiger partial charge in [-0.15, -0.1) is 10.2 Å². The Balaban J connectivity index is 1.70. The lowest BCUT2D eigenvalue weighted by atomic mass is 10.0. The highest BCUT2D eigenvalue weighted by Gasteiger charge is 2.23. The van der Waals surface area contributed by atoms with Crippen LogP contribution in [0.25, 0.3) is 0 Å². The first-order chi connectivity index (χ1) is 16.9. The van der Waals surface area contributed by atoms with Crippen molar-refractivity contribution < 1.29 is 23.9 Å². The molecule has 0 spiro atoms. The Kier molecular flexibility index (Phi) is 9.24. The molecule has 184 valence electrons. The largest absolute Gasteiger partial charge is 0.496 e. The molecule has 2 amide bonds. The standard InChI is InChI=1S/C24H27N5O5S/c1-4-34-22(31)13-19(18-10-5-6-11-20(18)33-3)27-23(32)16-8-7-9-17(12-16)26-21(30)14-35-24-28-25-15-29(24)2/h5-12,15,19H,4,13-14H2,1-3H3,(H,26,30)(H,27,32)/t19-/m0/s1. The van der Waals surface area contributed by atoms with E-state index < -0.39 is 17.9 Å². The molecule has 3 rings (SSSR count). The van der Waals surface area contributed by atoms with Gasteiger partial charge in [-0.3, -0.25) is 14.4 Å². The number of nitrogens with zero attached hydrogens (tertiary/aromatic N) is 3. The highest BCUT2D eigenvalue weighted by molar-refractivity contribution is 7.99. The number of thioether (sulfide) groups is 1. The average molecular weight is 498 g/mol. The number of aryl methyl sites for hydroxylation is 1. The smallest absolute Gasteiger partial charge is 0.308 e. The number of hydrogen-bond acceptors (Lipinski definition) is 8. The molecule has 0 aliphatic carbocycles. The molecular weight excluding hydrogens is 470 g/mol. The van der Waals surface area contributed by atoms with E-state index in [2.05, 4.69) is 20.8 Å². The first-order valence-corrected chi connectivity index (χ1v) is 11.9. The van der Waals surface area contributed by atoms with Crippen LogP contribution in [0.15, 0.2) is 60.0 Å². The van der Waals surface area contributed by atoms with E-state index in [0.717, 1.165) is 0 Å². The Morgan fingerprint density at radius 3 is 2.66 bits per heavy atom. The molecule has 1 aromatic heterocycles. The van der Waals surface area contributed by atoms with Gasteiger partial charge in [0, 0.05) is 23.9 Å². The number of methoxy groups -OCH3 is 1. The number of aromatic nitrogens is 3. The fraction of sp³-hybridized carbons (Fsp3) is 0.292. The lowest BCUT2D eigenvalue weighted by Gasteiger charge is -2.21. The second-order valence-corrected chi connectivity index (χ2v) is 8.36. The zero-order valence-corrected chi connectivity index (χ0v) is 20.5. The highest BCUT2D eigenvalue weighted by Crippen LogP contribution is 2.28. The fourth-order valence-corrected chi connectivity index (χ4v) is 3.98. The summed E-state index contributed by atoms with van der Waals surface area (Å²) in [6.07, 6.45) is 1.50. The minimum Gasteiger partial charge on any atom is -0.496 e. The number of carbonyl (C=O) groups is 3. The number of ether oxygens (including phenoxy) is 2. The topological polar surface area (TPSA) is 124 Å². The Morgan fingerprint density at radius 2 is 1.94 bits per heavy atom. The Bertz CT molecular complexity index is 1180. The lowest BCUT2D eigenvalue weighted by molar-refractivity contribution is -0.143. The molecule has 2 aromatic carbocycles. The molecule has 0 aliphatic rings. The molecule has 3 aromatic rings. The predicted octanol–water partition coefficient (Wildman–Crippen LogP) is 2.98. The number of carbonyl (C=O) groups excluding carboxylic acids is 3. The summed E-state index contributed by atoms with van der Waals surface area (Å²) in [6.45, 7) is 1.96. The number of rotatable bonds is 11. The molecule has 0 saturated carbocycles. The van der Waals surface area contributed by atoms with Gasteiger partial charge in [0.2, 0.25) is 5.91 Å². The normalized spacial score (nSPS) is 11.4. The first kappa shape index (κ1) is 25.8. The summed E-state index contributed by atoms with van der Waals surface area (Å²) in [4.78, 5) is 37.7. The molecule has 2 N–H and O–H groups in total. The van der Waals surface area contributed by atoms with E-state index in [1.165, 1.54) is 18.9 Å². The summed E-state index contributed by atoms with van der Waals surface area (Å²) in [5.41, 5.74) is 1.45. The van der Waals surface area contributed by atoms with Gasteiger partial charge in [0.1, 0.15) is 12.1 Å². The predicted molar refractivity (Wildman–Crippen MR) is 131 cm³/mol. The van der Waals surface area contributed by atoms with Crippen molar-refractivity contribution in [2.45, 2.75) is 24.5 Å². The molecule has 1 heterocycles. The van der Waals surface area contributed by atoms with Crippen molar-refractivity contribution in [1.82, 2.24) is 20.1 Å². The van der Waals surface area contributed by atoms with Gasteiger partial charge in [0.05, 0.1) is 31.9 Å². The van der Waals surface area contributed by atoms with Crippen molar-refractivity contribution in [1.29, 1.82) is 0 Å². The summed E-state index contributed by atoms with van der Waals surface area (Å²) in [5.74, 6) is -0.411. The fourth-order valence-electron chi connectivity index (χ4n) is 3.29. The van der Waals surface area contributed by atoms with Gasteiger partial charge in [-0.2, -0.15) is 0 Å². The maximum atomic E-state index is 13.1. The second kappa shape index (κ2) is 12.6. The molecule has 0 bridgehead atoms. The van der Waals surface area contributed by atoms with Crippen LogP contribution in [-0.2, 0) is 21.4 Å². The SMILES string of the molecule is CCOC(=O)C[C@H](NC(=O)c1cccc(NC(=O)CSc2nncn2C)c1)c1ccccc1OC. The van der Waals surface area contributed by atoms with Gasteiger partial charge < -0.3 is 24.7 Å². The van der Waals surface area contributed by atoms with Gasteiger partial charge in [0.15, 0.2) is 5.16 Å². The van der Waals surface area contributed by atoms with Crippen LogP contribution in [-0.4, -0.2) is 52.0 Å². The molecule has 1 atom stereocenters. The van der Waals surface area contributed by atoms with Crippen molar-refractivity contribution in [3.8, 4) is 5.75 Å². The zero-order chi connectivity index (χ0) is 25.2. The van der Waals surface area contributed by atoms with Crippen LogP contribution in [0.4, 0.5) is 5.69 Å². The van der Waals surface area contributed by atoms with E-state index in [-0.39, 0.29) is 24.7 Å². The van der Waals surface area contributed by atoms with Crippen LogP contribution in [0.2, 0.25) is 0 Å². The minimum atomic E-state index is -0.668. The van der Waals surface area contributed by atoms with E-state index in [0.29, 0.717) is 27.7 Å². The van der Waals surface area contributed by atoms with Crippen LogP contribution >= 0.6 is 11.8 Å². The summed E-state index contributed by atoms with van der Waals surface area (Å²) in [6, 6.07) is 13.1. The molecule has 0 unspecified atom stereocenters. The van der Waals surface area contributed by atoms with Crippen LogP contribution in [0, 0.1) is 0 Å². The number of esters is 1. The van der Waals surface area contributed by atoms with Gasteiger partial charge in [-0.05, 0) is 31.2 Å². The summed E-state index contributed by atoms with van der Waals surface area (Å²) in [5, 5.41) is 14.0. The quantitative estimate of drug-likeness (QED) is 0.306. The number of nitrogens with one attached hydrogen (secondary N) is 2. The van der Waals surface area contributed by atoms with Crippen molar-refractivity contribution in [2.75, 3.05) is 24.8 Å². The maximum Gasteiger partial charge on any atom is 0.308 e. The molecule has 0 saturated heterocycles. The molecule has 35 heavy (non-hydrogen) atoms. The lowest BCUT2D eigenvalue weighted by Crippen LogP contribution is -2.31. The summed E-state index contributed by atoms with van der Waals surface area (Å²) in [7, 11) is 3.32. The number of anilines is 1. The minimum absolute atomic E-state index is 0.0599. The summed E-state index contributed by atoms with van der Waals surface area (Å²) < 4.78 is 12.2. The van der Waals surface area contributed by atoms with E-state index in [4.69, 9.17) is 9.47 Å². The molecule has 0 radical (unpaired) electrons. The van der Waals surface area contributed by atoms with Crippen molar-refractivity contribution >= 4 is 35.2 Å². The van der Waals surface area contributed by atoms with Crippen LogP contribution in [0.5, 0.6) is 5.75 Å². The monoisotopic (exact) mass is 497 g/mol. The number of benzene rings is 2. The molecular formula is C24H27N5O5S. The third-order valence-corrected chi connectivity index (χ3v) is 5.94. The van der Waals surface area contributed by atoms with Crippen molar-refractivity contribution in [3.63, 3.8) is 0 Å². The van der Waals surface area contributed by atoms with Gasteiger partial charge >= 0.3 is 5.97 Å². The first-order valence-electron chi connectivity index (χ1n) is 10.9. The van der Waals surface area contributed by atoms with Gasteiger partial charge in [-0.25, -0.2) is 0 Å². The van der Waals surface area contributed by atoms with Gasteiger partial charge in [-0.1, -0.05) is 36.0 Å². The maximum absolute atomic E-state index is 13.1. The third kappa shape index (κ3) is 7.31. The van der Waals surface area contributed by atoms with E-state index in [9.17, 15) is 14.4 Å². The van der Waals surface area contributed by atoms with Crippen LogP contribution in [0.3, 0.4) is 0 Å². The van der Waals surface area contributed by atoms with E-state index in [1.807, 2.05) is 0 Å².